The summed E-state index contributed by atoms with van der Waals surface area (Å²) in [4.78, 5) is 2.41. The number of likely N-dealkylation sites (N-methyl/N-ethyl adjacent to an activating group) is 1. The van der Waals surface area contributed by atoms with Crippen LogP contribution in [-0.2, 0) is 0 Å². The van der Waals surface area contributed by atoms with Gasteiger partial charge in [0, 0.05) is 12.6 Å². The maximum absolute atomic E-state index is 5.45. The lowest BCUT2D eigenvalue weighted by Gasteiger charge is -2.35. The minimum Gasteiger partial charge on any atom is -0.468 e. The topological polar surface area (TPSA) is 28.4 Å². The van der Waals surface area contributed by atoms with Gasteiger partial charge in [0.2, 0.25) is 0 Å². The lowest BCUT2D eigenvalue weighted by Crippen LogP contribution is -2.44. The van der Waals surface area contributed by atoms with Gasteiger partial charge >= 0.3 is 0 Å². The molecule has 1 aromatic heterocycles. The predicted molar refractivity (Wildman–Crippen MR) is 60.8 cm³/mol. The number of rotatable bonds is 3. The van der Waals surface area contributed by atoms with Crippen LogP contribution in [0.25, 0.3) is 0 Å². The van der Waals surface area contributed by atoms with Gasteiger partial charge in [-0.05, 0) is 45.5 Å². The second-order valence-corrected chi connectivity index (χ2v) is 4.36. The van der Waals surface area contributed by atoms with E-state index >= 15 is 0 Å². The van der Waals surface area contributed by atoms with Crippen LogP contribution < -0.4 is 5.32 Å². The van der Waals surface area contributed by atoms with Gasteiger partial charge in [-0.2, -0.15) is 0 Å². The Kier molecular flexibility index (Phi) is 3.44. The first-order chi connectivity index (χ1) is 7.29. The van der Waals surface area contributed by atoms with Crippen molar-refractivity contribution in [2.24, 2.45) is 0 Å². The Morgan fingerprint density at radius 1 is 1.60 bits per heavy atom. The van der Waals surface area contributed by atoms with Crippen molar-refractivity contribution in [1.29, 1.82) is 0 Å². The van der Waals surface area contributed by atoms with Crippen molar-refractivity contribution in [2.75, 3.05) is 20.1 Å². The lowest BCUT2D eigenvalue weighted by molar-refractivity contribution is 0.141. The van der Waals surface area contributed by atoms with Gasteiger partial charge in [0.25, 0.3) is 0 Å². The maximum Gasteiger partial charge on any atom is 0.120 e. The first-order valence-corrected chi connectivity index (χ1v) is 5.75. The van der Waals surface area contributed by atoms with E-state index in [2.05, 4.69) is 30.3 Å². The Labute approximate surface area is 91.4 Å². The Morgan fingerprint density at radius 3 is 3.07 bits per heavy atom. The van der Waals surface area contributed by atoms with Crippen molar-refractivity contribution in [2.45, 2.75) is 31.8 Å². The summed E-state index contributed by atoms with van der Waals surface area (Å²) in [6.45, 7) is 4.47. The van der Waals surface area contributed by atoms with Crippen LogP contribution in [0.4, 0.5) is 0 Å². The number of nitrogens with one attached hydrogen (secondary N) is 1. The van der Waals surface area contributed by atoms with Gasteiger partial charge < -0.3 is 9.73 Å². The number of hydrogen-bond donors (Lipinski definition) is 1. The molecule has 1 unspecified atom stereocenters. The van der Waals surface area contributed by atoms with E-state index in [-0.39, 0.29) is 0 Å². The zero-order valence-corrected chi connectivity index (χ0v) is 9.57. The number of hydrogen-bond acceptors (Lipinski definition) is 3. The highest BCUT2D eigenvalue weighted by atomic mass is 16.3. The summed E-state index contributed by atoms with van der Waals surface area (Å²) in [6, 6.07) is 5.01. The molecule has 1 aliphatic heterocycles. The van der Waals surface area contributed by atoms with E-state index in [9.17, 15) is 0 Å². The molecule has 2 heterocycles. The van der Waals surface area contributed by atoms with E-state index in [4.69, 9.17) is 4.42 Å². The molecule has 84 valence electrons. The van der Waals surface area contributed by atoms with Crippen LogP contribution in [0.5, 0.6) is 0 Å². The number of piperidine rings is 1. The Balaban J connectivity index is 1.97. The third-order valence-corrected chi connectivity index (χ3v) is 3.41. The van der Waals surface area contributed by atoms with Gasteiger partial charge in [-0.1, -0.05) is 0 Å². The molecule has 1 N–H and O–H groups in total. The normalized spacial score (nSPS) is 24.3. The van der Waals surface area contributed by atoms with Gasteiger partial charge in [-0.3, -0.25) is 4.90 Å². The SMILES string of the molecule is CC(c1ccco1)N(C)[C@@H]1CCCNC1. The molecular formula is C12H20N2O. The summed E-state index contributed by atoms with van der Waals surface area (Å²) in [5, 5.41) is 3.44. The quantitative estimate of drug-likeness (QED) is 0.824. The average Bonchev–Trinajstić information content (AvgIpc) is 2.82. The highest BCUT2D eigenvalue weighted by Crippen LogP contribution is 2.23. The van der Waals surface area contributed by atoms with Gasteiger partial charge in [0.05, 0.1) is 12.3 Å². The summed E-state index contributed by atoms with van der Waals surface area (Å²) >= 11 is 0. The molecule has 2 atom stereocenters. The third-order valence-electron chi connectivity index (χ3n) is 3.41. The first kappa shape index (κ1) is 10.7. The second kappa shape index (κ2) is 4.81. The minimum atomic E-state index is 0.366. The van der Waals surface area contributed by atoms with Gasteiger partial charge in [0.15, 0.2) is 0 Å². The van der Waals surface area contributed by atoms with Gasteiger partial charge in [-0.25, -0.2) is 0 Å². The van der Waals surface area contributed by atoms with Crippen LogP contribution in [0.2, 0.25) is 0 Å². The third kappa shape index (κ3) is 2.41. The fourth-order valence-corrected chi connectivity index (χ4v) is 2.23. The van der Waals surface area contributed by atoms with Crippen molar-refractivity contribution >= 4 is 0 Å². The molecular weight excluding hydrogens is 188 g/mol. The Hall–Kier alpha value is -0.800. The van der Waals surface area contributed by atoms with Crippen molar-refractivity contribution < 1.29 is 4.42 Å². The van der Waals surface area contributed by atoms with E-state index in [0.29, 0.717) is 12.1 Å². The smallest absolute Gasteiger partial charge is 0.120 e. The minimum absolute atomic E-state index is 0.366. The fourth-order valence-electron chi connectivity index (χ4n) is 2.23. The van der Waals surface area contributed by atoms with Crippen LogP contribution >= 0.6 is 0 Å². The van der Waals surface area contributed by atoms with E-state index in [1.165, 1.54) is 19.4 Å². The standard InChI is InChI=1S/C12H20N2O/c1-10(12-6-4-8-15-12)14(2)11-5-3-7-13-9-11/h4,6,8,10-11,13H,3,5,7,9H2,1-2H3/t10?,11-/m1/s1. The molecule has 1 fully saturated rings. The summed E-state index contributed by atoms with van der Waals surface area (Å²) in [5.74, 6) is 1.06. The molecule has 3 nitrogen and oxygen atoms in total. The summed E-state index contributed by atoms with van der Waals surface area (Å²) in [6.07, 6.45) is 4.31. The van der Waals surface area contributed by atoms with Crippen molar-refractivity contribution in [1.82, 2.24) is 10.2 Å². The molecule has 1 aromatic rings. The zero-order valence-electron chi connectivity index (χ0n) is 9.57. The van der Waals surface area contributed by atoms with Crippen LogP contribution in [-0.4, -0.2) is 31.1 Å². The lowest BCUT2D eigenvalue weighted by atomic mass is 10.0. The van der Waals surface area contributed by atoms with Crippen molar-refractivity contribution in [3.63, 3.8) is 0 Å². The molecule has 0 spiro atoms. The van der Waals surface area contributed by atoms with E-state index < -0.39 is 0 Å². The molecule has 1 aliphatic rings. The predicted octanol–water partition coefficient (Wildman–Crippen LogP) is 2.02. The molecule has 0 aromatic carbocycles. The van der Waals surface area contributed by atoms with Crippen LogP contribution in [0.3, 0.4) is 0 Å². The van der Waals surface area contributed by atoms with E-state index in [1.54, 1.807) is 6.26 Å². The molecule has 0 saturated carbocycles. The van der Waals surface area contributed by atoms with Crippen molar-refractivity contribution in [3.05, 3.63) is 24.2 Å². The monoisotopic (exact) mass is 208 g/mol. The molecule has 0 bridgehead atoms. The van der Waals surface area contributed by atoms with Crippen LogP contribution in [0, 0.1) is 0 Å². The summed E-state index contributed by atoms with van der Waals surface area (Å²) in [5.41, 5.74) is 0. The molecule has 0 amide bonds. The van der Waals surface area contributed by atoms with Crippen molar-refractivity contribution in [3.8, 4) is 0 Å². The summed E-state index contributed by atoms with van der Waals surface area (Å²) < 4.78 is 5.45. The molecule has 3 heteroatoms. The van der Waals surface area contributed by atoms with Crippen LogP contribution in [0.1, 0.15) is 31.6 Å². The average molecular weight is 208 g/mol. The maximum atomic E-state index is 5.45. The van der Waals surface area contributed by atoms with E-state index in [0.717, 1.165) is 12.3 Å². The molecule has 0 radical (unpaired) electrons. The molecule has 15 heavy (non-hydrogen) atoms. The van der Waals surface area contributed by atoms with Crippen LogP contribution in [0.15, 0.2) is 22.8 Å². The zero-order chi connectivity index (χ0) is 10.7. The fraction of sp³-hybridized carbons (Fsp3) is 0.667. The Morgan fingerprint density at radius 2 is 2.47 bits per heavy atom. The largest absolute Gasteiger partial charge is 0.468 e. The second-order valence-electron chi connectivity index (χ2n) is 4.36. The summed E-state index contributed by atoms with van der Waals surface area (Å²) in [7, 11) is 2.19. The molecule has 0 aliphatic carbocycles. The van der Waals surface area contributed by atoms with E-state index in [1.807, 2.05) is 6.07 Å². The highest BCUT2D eigenvalue weighted by molar-refractivity contribution is 5.04. The van der Waals surface area contributed by atoms with Gasteiger partial charge in [0.1, 0.15) is 5.76 Å². The molecule has 2 rings (SSSR count). The number of nitrogens with zero attached hydrogens (tertiary/aromatic N) is 1. The first-order valence-electron chi connectivity index (χ1n) is 5.75. The van der Waals surface area contributed by atoms with Gasteiger partial charge in [-0.15, -0.1) is 0 Å². The highest BCUT2D eigenvalue weighted by Gasteiger charge is 2.23. The molecule has 1 saturated heterocycles. The Bertz CT molecular complexity index is 278. The number of furan rings is 1.